The number of ether oxygens (including phenoxy) is 1. The lowest BCUT2D eigenvalue weighted by Crippen LogP contribution is -2.32. The smallest absolute Gasteiger partial charge is 0.427 e. The van der Waals surface area contributed by atoms with Crippen molar-refractivity contribution in [2.45, 2.75) is 24.9 Å². The molecule has 1 N–H and O–H groups in total. The molecule has 2 aromatic heterocycles. The first kappa shape index (κ1) is 17.2. The van der Waals surface area contributed by atoms with Gasteiger partial charge in [-0.3, -0.25) is 0 Å². The lowest BCUT2D eigenvalue weighted by Gasteiger charge is -2.31. The number of methoxy groups -OCH3 is 1. The van der Waals surface area contributed by atoms with Crippen LogP contribution in [0.1, 0.15) is 29.2 Å². The highest BCUT2D eigenvalue weighted by Crippen LogP contribution is 2.39. The molecule has 3 heterocycles. The molecule has 1 aliphatic heterocycles. The second kappa shape index (κ2) is 6.50. The molecule has 0 atom stereocenters. The molecule has 1 aliphatic rings. The van der Waals surface area contributed by atoms with Crippen molar-refractivity contribution in [2.75, 3.05) is 25.1 Å². The van der Waals surface area contributed by atoms with Crippen molar-refractivity contribution in [3.05, 3.63) is 41.0 Å². The van der Waals surface area contributed by atoms with Gasteiger partial charge in [-0.15, -0.1) is 0 Å². The highest BCUT2D eigenvalue weighted by atomic mass is 32.1. The summed E-state index contributed by atoms with van der Waals surface area (Å²) >= 11 is 0.720. The number of H-pyrrole nitrogens is 1. The van der Waals surface area contributed by atoms with E-state index in [1.807, 2.05) is 29.3 Å². The Morgan fingerprint density at radius 3 is 2.69 bits per heavy atom. The monoisotopic (exact) mass is 381 g/mol. The molecule has 0 aliphatic carbocycles. The summed E-state index contributed by atoms with van der Waals surface area (Å²) in [7, 11) is 1.65. The molecule has 4 rings (SSSR count). The predicted octanol–water partition coefficient (Wildman–Crippen LogP) is 5.04. The first-order valence-electron chi connectivity index (χ1n) is 8.38. The van der Waals surface area contributed by atoms with Gasteiger partial charge in [0.1, 0.15) is 10.6 Å². The van der Waals surface area contributed by atoms with Gasteiger partial charge in [-0.2, -0.15) is 13.2 Å². The molecule has 0 spiro atoms. The van der Waals surface area contributed by atoms with Crippen LogP contribution in [0.5, 0.6) is 5.75 Å². The maximum Gasteiger partial charge on any atom is 0.427 e. The van der Waals surface area contributed by atoms with E-state index in [2.05, 4.69) is 9.97 Å². The number of aromatic amines is 1. The van der Waals surface area contributed by atoms with Crippen molar-refractivity contribution in [1.29, 1.82) is 0 Å². The molecule has 0 unspecified atom stereocenters. The van der Waals surface area contributed by atoms with E-state index in [-0.39, 0.29) is 0 Å². The van der Waals surface area contributed by atoms with Crippen LogP contribution in [0.4, 0.5) is 18.3 Å². The van der Waals surface area contributed by atoms with Gasteiger partial charge < -0.3 is 14.6 Å². The number of fused-ring (bicyclic) bond motifs is 1. The van der Waals surface area contributed by atoms with Gasteiger partial charge in [0.25, 0.3) is 0 Å². The van der Waals surface area contributed by atoms with Crippen LogP contribution >= 0.6 is 11.3 Å². The van der Waals surface area contributed by atoms with Crippen LogP contribution in [-0.2, 0) is 6.18 Å². The lowest BCUT2D eigenvalue weighted by atomic mass is 9.89. The minimum absolute atomic E-state index is 0.370. The van der Waals surface area contributed by atoms with Crippen molar-refractivity contribution in [3.63, 3.8) is 0 Å². The first-order valence-corrected chi connectivity index (χ1v) is 9.20. The largest absolute Gasteiger partial charge is 0.497 e. The van der Waals surface area contributed by atoms with Crippen molar-refractivity contribution >= 4 is 27.4 Å². The molecule has 0 radical (unpaired) electrons. The summed E-state index contributed by atoms with van der Waals surface area (Å²) < 4.78 is 43.6. The summed E-state index contributed by atoms with van der Waals surface area (Å²) in [5.74, 6) is 1.19. The third-order valence-corrected chi connectivity index (χ3v) is 6.00. The fourth-order valence-electron chi connectivity index (χ4n) is 3.51. The average molecular weight is 381 g/mol. The molecule has 8 heteroatoms. The van der Waals surface area contributed by atoms with Gasteiger partial charge in [-0.25, -0.2) is 4.98 Å². The number of aromatic nitrogens is 2. The summed E-state index contributed by atoms with van der Waals surface area (Å²) in [6, 6.07) is 5.96. The summed E-state index contributed by atoms with van der Waals surface area (Å²) in [6.07, 6.45) is 0.404. The van der Waals surface area contributed by atoms with E-state index in [1.165, 1.54) is 5.56 Å². The Labute approximate surface area is 152 Å². The molecule has 1 aromatic carbocycles. The van der Waals surface area contributed by atoms with E-state index in [4.69, 9.17) is 4.74 Å². The summed E-state index contributed by atoms with van der Waals surface area (Å²) in [6.45, 7) is 1.40. The van der Waals surface area contributed by atoms with E-state index >= 15 is 0 Å². The molecule has 0 amide bonds. The van der Waals surface area contributed by atoms with Gasteiger partial charge in [0.2, 0.25) is 0 Å². The zero-order valence-corrected chi connectivity index (χ0v) is 15.0. The van der Waals surface area contributed by atoms with Crippen molar-refractivity contribution in [3.8, 4) is 5.75 Å². The molecule has 3 aromatic rings. The predicted molar refractivity (Wildman–Crippen MR) is 96.2 cm³/mol. The van der Waals surface area contributed by atoms with Crippen LogP contribution in [0.3, 0.4) is 0 Å². The topological polar surface area (TPSA) is 41.1 Å². The van der Waals surface area contributed by atoms with Crippen LogP contribution in [0.2, 0.25) is 0 Å². The highest BCUT2D eigenvalue weighted by molar-refractivity contribution is 7.15. The minimum atomic E-state index is -4.32. The number of anilines is 1. The normalized spacial score (nSPS) is 16.4. The van der Waals surface area contributed by atoms with Gasteiger partial charge in [0.15, 0.2) is 5.13 Å². The zero-order valence-electron chi connectivity index (χ0n) is 14.1. The second-order valence-corrected chi connectivity index (χ2v) is 7.43. The number of halogens is 3. The number of nitrogens with one attached hydrogen (secondary N) is 1. The molecular formula is C18H18F3N3OS. The minimum Gasteiger partial charge on any atom is -0.497 e. The maximum absolute atomic E-state index is 12.8. The van der Waals surface area contributed by atoms with Crippen LogP contribution in [-0.4, -0.2) is 30.2 Å². The Morgan fingerprint density at radius 2 is 2.04 bits per heavy atom. The third-order valence-electron chi connectivity index (χ3n) is 4.90. The maximum atomic E-state index is 12.8. The summed E-state index contributed by atoms with van der Waals surface area (Å²) in [4.78, 5) is 8.57. The molecule has 138 valence electrons. The van der Waals surface area contributed by atoms with E-state index < -0.39 is 11.1 Å². The number of nitrogens with zero attached hydrogens (tertiary/aromatic N) is 2. The Morgan fingerprint density at radius 1 is 1.27 bits per heavy atom. The van der Waals surface area contributed by atoms with Crippen molar-refractivity contribution in [2.24, 2.45) is 0 Å². The van der Waals surface area contributed by atoms with Gasteiger partial charge in [-0.05, 0) is 42.5 Å². The van der Waals surface area contributed by atoms with E-state index in [1.54, 1.807) is 7.11 Å². The Kier molecular flexibility index (Phi) is 4.30. The number of benzene rings is 1. The first-order chi connectivity index (χ1) is 12.5. The van der Waals surface area contributed by atoms with Crippen LogP contribution in [0, 0.1) is 0 Å². The Balaban J connectivity index is 1.49. The van der Waals surface area contributed by atoms with Gasteiger partial charge in [0, 0.05) is 30.2 Å². The number of rotatable bonds is 3. The van der Waals surface area contributed by atoms with Gasteiger partial charge in [0.05, 0.1) is 13.3 Å². The molecule has 4 nitrogen and oxygen atoms in total. The standard InChI is InChI=1S/C18H18F3N3OS/c1-25-12-2-3-15-13(8-12)14(9-22-15)11-4-6-24(7-5-11)17-23-10-16(26-17)18(19,20)21/h2-3,8-11,22H,4-7H2,1H3. The zero-order chi connectivity index (χ0) is 18.3. The quantitative estimate of drug-likeness (QED) is 0.691. The third kappa shape index (κ3) is 3.13. The van der Waals surface area contributed by atoms with E-state index in [0.29, 0.717) is 24.1 Å². The Bertz CT molecular complexity index is 910. The lowest BCUT2D eigenvalue weighted by molar-refractivity contribution is -0.134. The van der Waals surface area contributed by atoms with Gasteiger partial charge in [-0.1, -0.05) is 11.3 Å². The molecule has 0 saturated carbocycles. The fraction of sp³-hybridized carbons (Fsp3) is 0.389. The fourth-order valence-corrected chi connectivity index (χ4v) is 4.34. The summed E-state index contributed by atoms with van der Waals surface area (Å²) in [5, 5.41) is 1.60. The molecule has 1 fully saturated rings. The van der Waals surface area contributed by atoms with E-state index in [0.717, 1.165) is 47.0 Å². The molecular weight excluding hydrogens is 363 g/mol. The molecule has 0 bridgehead atoms. The van der Waals surface area contributed by atoms with E-state index in [9.17, 15) is 13.2 Å². The van der Waals surface area contributed by atoms with Crippen LogP contribution in [0.25, 0.3) is 10.9 Å². The Hall–Kier alpha value is -2.22. The van der Waals surface area contributed by atoms with Crippen molar-refractivity contribution in [1.82, 2.24) is 9.97 Å². The van der Waals surface area contributed by atoms with Crippen LogP contribution < -0.4 is 9.64 Å². The molecule has 26 heavy (non-hydrogen) atoms. The number of hydrogen-bond donors (Lipinski definition) is 1. The highest BCUT2D eigenvalue weighted by Gasteiger charge is 2.34. The van der Waals surface area contributed by atoms with Gasteiger partial charge >= 0.3 is 6.18 Å². The molecule has 1 saturated heterocycles. The number of piperidine rings is 1. The SMILES string of the molecule is COc1ccc2[nH]cc(C3CCN(c4ncc(C(F)(F)F)s4)CC3)c2c1. The number of alkyl halides is 3. The average Bonchev–Trinajstić information content (AvgIpc) is 3.28. The van der Waals surface area contributed by atoms with Crippen LogP contribution in [0.15, 0.2) is 30.6 Å². The van der Waals surface area contributed by atoms with Crippen molar-refractivity contribution < 1.29 is 17.9 Å². The number of thiazole rings is 1. The second-order valence-electron chi connectivity index (χ2n) is 6.42. The summed E-state index contributed by atoms with van der Waals surface area (Å²) in [5.41, 5.74) is 2.31. The number of hydrogen-bond acceptors (Lipinski definition) is 4.